The molecule has 0 bridgehead atoms. The average Bonchev–Trinajstić information content (AvgIpc) is 2.66. The second kappa shape index (κ2) is 7.94. The Hall–Kier alpha value is -3.67. The molecule has 0 fully saturated rings. The van der Waals surface area contributed by atoms with Gasteiger partial charge in [-0.25, -0.2) is 10.2 Å². The number of nitrogens with zero attached hydrogens (tertiary/aromatic N) is 1. The lowest BCUT2D eigenvalue weighted by molar-refractivity contribution is -0.123. The van der Waals surface area contributed by atoms with Crippen LogP contribution in [0.4, 0.5) is 0 Å². The Balaban J connectivity index is 1.51. The Labute approximate surface area is 149 Å². The van der Waals surface area contributed by atoms with E-state index >= 15 is 0 Å². The standard InChI is InChI=1S/C20H16N2O4/c23-19(22-21-12-14-5-7-16(8-6-14)20(24)25)13-26-18-10-9-15-3-1-2-4-17(15)11-18/h1-12H,13H2,(H,22,23)(H,24,25)/b21-12-. The van der Waals surface area contributed by atoms with E-state index < -0.39 is 11.9 Å². The van der Waals surface area contributed by atoms with Gasteiger partial charge in [0, 0.05) is 0 Å². The number of ether oxygens (including phenoxy) is 1. The molecule has 0 aliphatic carbocycles. The summed E-state index contributed by atoms with van der Waals surface area (Å²) in [6.45, 7) is -0.159. The third-order valence-corrected chi connectivity index (χ3v) is 3.65. The van der Waals surface area contributed by atoms with Gasteiger partial charge in [0.25, 0.3) is 5.91 Å². The molecule has 130 valence electrons. The molecule has 0 aromatic heterocycles. The minimum absolute atomic E-state index is 0.159. The smallest absolute Gasteiger partial charge is 0.335 e. The predicted octanol–water partition coefficient (Wildman–Crippen LogP) is 3.07. The van der Waals surface area contributed by atoms with Crippen LogP contribution in [0.3, 0.4) is 0 Å². The van der Waals surface area contributed by atoms with Gasteiger partial charge in [-0.15, -0.1) is 0 Å². The topological polar surface area (TPSA) is 88.0 Å². The van der Waals surface area contributed by atoms with Crippen LogP contribution < -0.4 is 10.2 Å². The maximum atomic E-state index is 11.8. The fraction of sp³-hybridized carbons (Fsp3) is 0.0500. The van der Waals surface area contributed by atoms with Crippen molar-refractivity contribution >= 4 is 28.9 Å². The molecule has 3 aromatic carbocycles. The van der Waals surface area contributed by atoms with Gasteiger partial charge in [0.15, 0.2) is 6.61 Å². The van der Waals surface area contributed by atoms with Crippen molar-refractivity contribution in [3.8, 4) is 5.75 Å². The zero-order valence-corrected chi connectivity index (χ0v) is 13.8. The number of hydrogen-bond donors (Lipinski definition) is 2. The first kappa shape index (κ1) is 17.2. The van der Waals surface area contributed by atoms with Crippen LogP contribution in [0.25, 0.3) is 10.8 Å². The van der Waals surface area contributed by atoms with Gasteiger partial charge in [-0.3, -0.25) is 4.79 Å². The van der Waals surface area contributed by atoms with Gasteiger partial charge in [0.2, 0.25) is 0 Å². The Bertz CT molecular complexity index is 965. The van der Waals surface area contributed by atoms with Crippen LogP contribution in [-0.2, 0) is 4.79 Å². The first-order chi connectivity index (χ1) is 12.6. The summed E-state index contributed by atoms with van der Waals surface area (Å²) in [5.41, 5.74) is 3.23. The minimum atomic E-state index is -0.993. The summed E-state index contributed by atoms with van der Waals surface area (Å²) in [6, 6.07) is 19.6. The highest BCUT2D eigenvalue weighted by molar-refractivity contribution is 5.89. The summed E-state index contributed by atoms with van der Waals surface area (Å²) in [7, 11) is 0. The maximum absolute atomic E-state index is 11.8. The zero-order valence-electron chi connectivity index (χ0n) is 13.8. The monoisotopic (exact) mass is 348 g/mol. The highest BCUT2D eigenvalue weighted by Crippen LogP contribution is 2.20. The summed E-state index contributed by atoms with van der Waals surface area (Å²) in [6.07, 6.45) is 1.43. The molecule has 0 spiro atoms. The molecule has 0 aliphatic heterocycles. The summed E-state index contributed by atoms with van der Waals surface area (Å²) in [4.78, 5) is 22.6. The second-order valence-electron chi connectivity index (χ2n) is 5.52. The number of carboxylic acid groups (broad SMARTS) is 1. The molecule has 1 amide bonds. The van der Waals surface area contributed by atoms with Crippen LogP contribution in [0.15, 0.2) is 71.8 Å². The fourth-order valence-corrected chi connectivity index (χ4v) is 2.33. The van der Waals surface area contributed by atoms with Crippen molar-refractivity contribution in [2.75, 3.05) is 6.61 Å². The summed E-state index contributed by atoms with van der Waals surface area (Å²) in [5.74, 6) is -0.781. The number of rotatable bonds is 6. The first-order valence-corrected chi connectivity index (χ1v) is 7.89. The number of amides is 1. The van der Waals surface area contributed by atoms with Crippen LogP contribution in [-0.4, -0.2) is 29.8 Å². The molecule has 0 atom stereocenters. The maximum Gasteiger partial charge on any atom is 0.335 e. The molecule has 0 saturated carbocycles. The molecule has 6 heteroatoms. The quantitative estimate of drug-likeness (QED) is 0.529. The average molecular weight is 348 g/mol. The van der Waals surface area contributed by atoms with E-state index in [1.807, 2.05) is 42.5 Å². The van der Waals surface area contributed by atoms with Crippen molar-refractivity contribution in [2.45, 2.75) is 0 Å². The van der Waals surface area contributed by atoms with E-state index in [-0.39, 0.29) is 12.2 Å². The minimum Gasteiger partial charge on any atom is -0.484 e. The van der Waals surface area contributed by atoms with Crippen molar-refractivity contribution in [3.05, 3.63) is 77.9 Å². The van der Waals surface area contributed by atoms with Gasteiger partial charge in [0.05, 0.1) is 11.8 Å². The number of carboxylic acids is 1. The molecule has 0 radical (unpaired) electrons. The number of carbonyl (C=O) groups excluding carboxylic acids is 1. The molecular weight excluding hydrogens is 332 g/mol. The van der Waals surface area contributed by atoms with Crippen LogP contribution >= 0.6 is 0 Å². The third kappa shape index (κ3) is 4.45. The normalized spacial score (nSPS) is 10.8. The largest absolute Gasteiger partial charge is 0.484 e. The third-order valence-electron chi connectivity index (χ3n) is 3.65. The molecule has 0 aliphatic rings. The summed E-state index contributed by atoms with van der Waals surface area (Å²) >= 11 is 0. The van der Waals surface area contributed by atoms with E-state index in [4.69, 9.17) is 9.84 Å². The van der Waals surface area contributed by atoms with E-state index in [9.17, 15) is 9.59 Å². The number of nitrogens with one attached hydrogen (secondary N) is 1. The van der Waals surface area contributed by atoms with E-state index in [0.29, 0.717) is 11.3 Å². The molecule has 0 unspecified atom stereocenters. The lowest BCUT2D eigenvalue weighted by Gasteiger charge is -2.06. The van der Waals surface area contributed by atoms with Gasteiger partial charge in [0.1, 0.15) is 5.75 Å². The van der Waals surface area contributed by atoms with Crippen molar-refractivity contribution in [2.24, 2.45) is 5.10 Å². The number of hydrazone groups is 1. The highest BCUT2D eigenvalue weighted by atomic mass is 16.5. The Kier molecular flexibility index (Phi) is 5.24. The van der Waals surface area contributed by atoms with E-state index in [2.05, 4.69) is 10.5 Å². The molecule has 0 heterocycles. The van der Waals surface area contributed by atoms with Crippen LogP contribution in [0.1, 0.15) is 15.9 Å². The van der Waals surface area contributed by atoms with Crippen LogP contribution in [0.2, 0.25) is 0 Å². The van der Waals surface area contributed by atoms with Gasteiger partial charge in [-0.05, 0) is 40.6 Å². The molecular formula is C20H16N2O4. The number of carbonyl (C=O) groups is 2. The lowest BCUT2D eigenvalue weighted by atomic mass is 10.1. The molecule has 3 aromatic rings. The van der Waals surface area contributed by atoms with E-state index in [0.717, 1.165) is 10.8 Å². The van der Waals surface area contributed by atoms with Gasteiger partial charge in [-0.1, -0.05) is 42.5 Å². The van der Waals surface area contributed by atoms with E-state index in [1.54, 1.807) is 12.1 Å². The molecule has 6 nitrogen and oxygen atoms in total. The van der Waals surface area contributed by atoms with Crippen LogP contribution in [0.5, 0.6) is 5.75 Å². The Morgan fingerprint density at radius 1 is 1.00 bits per heavy atom. The highest BCUT2D eigenvalue weighted by Gasteiger charge is 2.03. The lowest BCUT2D eigenvalue weighted by Crippen LogP contribution is -2.24. The number of aromatic carboxylic acids is 1. The Morgan fingerprint density at radius 3 is 2.46 bits per heavy atom. The van der Waals surface area contributed by atoms with Crippen molar-refractivity contribution in [1.29, 1.82) is 0 Å². The van der Waals surface area contributed by atoms with Crippen LogP contribution in [0, 0.1) is 0 Å². The SMILES string of the molecule is O=C(COc1ccc2ccccc2c1)N/N=C\c1ccc(C(=O)O)cc1. The van der Waals surface area contributed by atoms with Gasteiger partial charge < -0.3 is 9.84 Å². The van der Waals surface area contributed by atoms with Crippen molar-refractivity contribution in [3.63, 3.8) is 0 Å². The number of hydrogen-bond acceptors (Lipinski definition) is 4. The molecule has 2 N–H and O–H groups in total. The number of benzene rings is 3. The van der Waals surface area contributed by atoms with E-state index in [1.165, 1.54) is 18.3 Å². The van der Waals surface area contributed by atoms with Crippen molar-refractivity contribution < 1.29 is 19.4 Å². The fourth-order valence-electron chi connectivity index (χ4n) is 2.33. The summed E-state index contributed by atoms with van der Waals surface area (Å²) in [5, 5.41) is 14.8. The molecule has 3 rings (SSSR count). The number of fused-ring (bicyclic) bond motifs is 1. The molecule has 26 heavy (non-hydrogen) atoms. The zero-order chi connectivity index (χ0) is 18.4. The van der Waals surface area contributed by atoms with Crippen molar-refractivity contribution in [1.82, 2.24) is 5.43 Å². The predicted molar refractivity (Wildman–Crippen MR) is 98.6 cm³/mol. The Morgan fingerprint density at radius 2 is 1.73 bits per heavy atom. The first-order valence-electron chi connectivity index (χ1n) is 7.89. The second-order valence-corrected chi connectivity index (χ2v) is 5.52. The summed E-state index contributed by atoms with van der Waals surface area (Å²) < 4.78 is 5.47. The van der Waals surface area contributed by atoms with Gasteiger partial charge in [-0.2, -0.15) is 5.10 Å². The van der Waals surface area contributed by atoms with Gasteiger partial charge >= 0.3 is 5.97 Å². The molecule has 0 saturated heterocycles.